The molecule has 2 aliphatic heterocycles. The molecule has 2 aromatic rings. The lowest BCUT2D eigenvalue weighted by Gasteiger charge is -2.34. The zero-order valence-corrected chi connectivity index (χ0v) is 15.8. The molecule has 0 saturated carbocycles. The van der Waals surface area contributed by atoms with Crippen molar-refractivity contribution in [2.45, 2.75) is 32.3 Å². The summed E-state index contributed by atoms with van der Waals surface area (Å²) in [6.45, 7) is 7.29. The van der Waals surface area contributed by atoms with Gasteiger partial charge in [0.05, 0.1) is 24.3 Å². The number of hydrogen-bond donors (Lipinski definition) is 1. The number of nitrogens with zero attached hydrogens (tertiary/aromatic N) is 4. The molecule has 1 saturated heterocycles. The van der Waals surface area contributed by atoms with Crippen LogP contribution >= 0.6 is 0 Å². The van der Waals surface area contributed by atoms with Gasteiger partial charge in [-0.15, -0.1) is 0 Å². The van der Waals surface area contributed by atoms with Crippen LogP contribution in [-0.4, -0.2) is 52.1 Å². The maximum absolute atomic E-state index is 12.5. The molecule has 4 heterocycles. The second-order valence-electron chi connectivity index (χ2n) is 7.83. The third kappa shape index (κ3) is 3.51. The van der Waals surface area contributed by atoms with Gasteiger partial charge in [-0.2, -0.15) is 0 Å². The van der Waals surface area contributed by atoms with Gasteiger partial charge in [0, 0.05) is 49.4 Å². The highest BCUT2D eigenvalue weighted by atomic mass is 16.5. The van der Waals surface area contributed by atoms with Crippen LogP contribution < -0.4 is 5.32 Å². The summed E-state index contributed by atoms with van der Waals surface area (Å²) in [5.74, 6) is 1.10. The molecule has 1 atom stereocenters. The van der Waals surface area contributed by atoms with Gasteiger partial charge < -0.3 is 15.0 Å². The average Bonchev–Trinajstić information content (AvgIpc) is 3.12. The summed E-state index contributed by atoms with van der Waals surface area (Å²) < 4.78 is 5.85. The van der Waals surface area contributed by atoms with Gasteiger partial charge in [0.1, 0.15) is 0 Å². The number of carbonyl (C=O) groups excluding carboxylic acids is 1. The Balaban J connectivity index is 1.60. The Hall–Kier alpha value is -2.54. The molecule has 7 nitrogen and oxygen atoms in total. The Labute approximate surface area is 159 Å². The molecule has 1 N–H and O–H groups in total. The van der Waals surface area contributed by atoms with E-state index >= 15 is 0 Å². The van der Waals surface area contributed by atoms with Crippen molar-refractivity contribution in [3.8, 4) is 11.4 Å². The van der Waals surface area contributed by atoms with E-state index in [1.807, 2.05) is 23.2 Å². The Morgan fingerprint density at radius 3 is 3.07 bits per heavy atom. The molecule has 0 unspecified atom stereocenters. The zero-order valence-electron chi connectivity index (χ0n) is 15.8. The number of ether oxygens (including phenoxy) is 1. The van der Waals surface area contributed by atoms with Crippen molar-refractivity contribution in [1.29, 1.82) is 0 Å². The van der Waals surface area contributed by atoms with Gasteiger partial charge in [-0.05, 0) is 24.5 Å². The third-order valence-corrected chi connectivity index (χ3v) is 5.23. The van der Waals surface area contributed by atoms with Gasteiger partial charge in [0.15, 0.2) is 5.82 Å². The lowest BCUT2D eigenvalue weighted by Crippen LogP contribution is -2.45. The molecule has 2 aromatic heterocycles. The number of amides is 2. The van der Waals surface area contributed by atoms with Crippen LogP contribution in [0.2, 0.25) is 0 Å². The quantitative estimate of drug-likeness (QED) is 0.901. The van der Waals surface area contributed by atoms with E-state index in [-0.39, 0.29) is 11.4 Å². The number of rotatable bonds is 3. The fourth-order valence-electron chi connectivity index (χ4n) is 3.79. The van der Waals surface area contributed by atoms with Gasteiger partial charge in [-0.25, -0.2) is 14.8 Å². The molecular formula is C20H25N5O2. The highest BCUT2D eigenvalue weighted by molar-refractivity contribution is 5.74. The predicted octanol–water partition coefficient (Wildman–Crippen LogP) is 2.38. The van der Waals surface area contributed by atoms with Crippen LogP contribution in [-0.2, 0) is 16.8 Å². The van der Waals surface area contributed by atoms with Crippen LogP contribution in [0.15, 0.2) is 30.7 Å². The van der Waals surface area contributed by atoms with Crippen molar-refractivity contribution >= 4 is 6.03 Å². The zero-order chi connectivity index (χ0) is 18.9. The van der Waals surface area contributed by atoms with E-state index in [0.29, 0.717) is 44.6 Å². The predicted molar refractivity (Wildman–Crippen MR) is 101 cm³/mol. The van der Waals surface area contributed by atoms with Gasteiger partial charge in [0.2, 0.25) is 0 Å². The van der Waals surface area contributed by atoms with Crippen molar-refractivity contribution in [1.82, 2.24) is 25.2 Å². The maximum Gasteiger partial charge on any atom is 0.317 e. The standard InChI is InChI=1S/C20H25N5O2/c1-14(2)8-23-19(26)25-7-5-20(12-25)13-27-11-16-10-22-18(24-17(16)20)15-4-3-6-21-9-15/h3-4,6,9-10,14H,5,7-8,11-13H2,1-2H3,(H,23,26)/t20-/m0/s1. The smallest absolute Gasteiger partial charge is 0.317 e. The van der Waals surface area contributed by atoms with Crippen LogP contribution in [0.3, 0.4) is 0 Å². The van der Waals surface area contributed by atoms with Crippen molar-refractivity contribution in [3.05, 3.63) is 42.0 Å². The number of nitrogens with one attached hydrogen (secondary N) is 1. The van der Waals surface area contributed by atoms with Crippen LogP contribution in [0.5, 0.6) is 0 Å². The van der Waals surface area contributed by atoms with Crippen LogP contribution in [0, 0.1) is 5.92 Å². The molecule has 4 rings (SSSR count). The molecule has 142 valence electrons. The Kier molecular flexibility index (Phi) is 4.78. The van der Waals surface area contributed by atoms with Crippen molar-refractivity contribution in [3.63, 3.8) is 0 Å². The molecule has 7 heteroatoms. The molecule has 0 radical (unpaired) electrons. The fourth-order valence-corrected chi connectivity index (χ4v) is 3.79. The van der Waals surface area contributed by atoms with Gasteiger partial charge >= 0.3 is 6.03 Å². The Bertz CT molecular complexity index is 826. The highest BCUT2D eigenvalue weighted by Gasteiger charge is 2.46. The average molecular weight is 367 g/mol. The lowest BCUT2D eigenvalue weighted by atomic mass is 9.80. The summed E-state index contributed by atoms with van der Waals surface area (Å²) in [4.78, 5) is 28.0. The number of likely N-dealkylation sites (tertiary alicyclic amines) is 1. The molecule has 0 bridgehead atoms. The summed E-state index contributed by atoms with van der Waals surface area (Å²) >= 11 is 0. The molecule has 27 heavy (non-hydrogen) atoms. The fraction of sp³-hybridized carbons (Fsp3) is 0.500. The molecule has 0 aliphatic carbocycles. The summed E-state index contributed by atoms with van der Waals surface area (Å²) in [6, 6.07) is 3.84. The molecule has 2 aliphatic rings. The minimum atomic E-state index is -0.261. The first-order valence-corrected chi connectivity index (χ1v) is 9.45. The summed E-state index contributed by atoms with van der Waals surface area (Å²) in [7, 11) is 0. The van der Waals surface area contributed by atoms with E-state index < -0.39 is 0 Å². The normalized spacial score (nSPS) is 21.5. The minimum Gasteiger partial charge on any atom is -0.376 e. The van der Waals surface area contributed by atoms with Crippen molar-refractivity contribution in [2.75, 3.05) is 26.2 Å². The molecule has 1 spiro atoms. The number of aromatic nitrogens is 3. The van der Waals surface area contributed by atoms with Crippen LogP contribution in [0.1, 0.15) is 31.5 Å². The topological polar surface area (TPSA) is 80.2 Å². The second kappa shape index (κ2) is 7.23. The molecule has 1 fully saturated rings. The SMILES string of the molecule is CC(C)CNC(=O)N1CC[C@@]2(COCc3cnc(-c4cccnc4)nc32)C1. The van der Waals surface area contributed by atoms with Gasteiger partial charge in [-0.3, -0.25) is 4.98 Å². The first-order chi connectivity index (χ1) is 13.1. The van der Waals surface area contributed by atoms with Crippen LogP contribution in [0.25, 0.3) is 11.4 Å². The van der Waals surface area contributed by atoms with Crippen molar-refractivity contribution in [2.24, 2.45) is 5.92 Å². The Morgan fingerprint density at radius 1 is 1.41 bits per heavy atom. The second-order valence-corrected chi connectivity index (χ2v) is 7.83. The van der Waals surface area contributed by atoms with E-state index in [2.05, 4.69) is 29.1 Å². The number of urea groups is 1. The minimum absolute atomic E-state index is 0.00534. The third-order valence-electron chi connectivity index (χ3n) is 5.23. The van der Waals surface area contributed by atoms with E-state index in [1.54, 1.807) is 12.4 Å². The van der Waals surface area contributed by atoms with Crippen molar-refractivity contribution < 1.29 is 9.53 Å². The summed E-state index contributed by atoms with van der Waals surface area (Å²) in [5, 5.41) is 3.01. The Morgan fingerprint density at radius 2 is 2.30 bits per heavy atom. The number of fused-ring (bicyclic) bond motifs is 2. The first-order valence-electron chi connectivity index (χ1n) is 9.45. The molecule has 0 aromatic carbocycles. The van der Waals surface area contributed by atoms with Crippen LogP contribution in [0.4, 0.5) is 4.79 Å². The number of pyridine rings is 1. The van der Waals surface area contributed by atoms with E-state index in [1.165, 1.54) is 0 Å². The summed E-state index contributed by atoms with van der Waals surface area (Å²) in [5.41, 5.74) is 2.66. The van der Waals surface area contributed by atoms with E-state index in [9.17, 15) is 4.79 Å². The highest BCUT2D eigenvalue weighted by Crippen LogP contribution is 2.39. The lowest BCUT2D eigenvalue weighted by molar-refractivity contribution is 0.0519. The summed E-state index contributed by atoms with van der Waals surface area (Å²) in [6.07, 6.45) is 6.21. The molecule has 2 amide bonds. The number of hydrogen-bond acceptors (Lipinski definition) is 5. The largest absolute Gasteiger partial charge is 0.376 e. The van der Waals surface area contributed by atoms with Gasteiger partial charge in [-0.1, -0.05) is 13.8 Å². The maximum atomic E-state index is 12.5. The molecular weight excluding hydrogens is 342 g/mol. The van der Waals surface area contributed by atoms with E-state index in [4.69, 9.17) is 9.72 Å². The number of carbonyl (C=O) groups is 1. The van der Waals surface area contributed by atoms with E-state index in [0.717, 1.165) is 23.2 Å². The van der Waals surface area contributed by atoms with Gasteiger partial charge in [0.25, 0.3) is 0 Å². The monoisotopic (exact) mass is 367 g/mol. The first kappa shape index (κ1) is 17.9.